The van der Waals surface area contributed by atoms with E-state index in [0.717, 1.165) is 33.9 Å². The van der Waals surface area contributed by atoms with Gasteiger partial charge in [-0.25, -0.2) is 0 Å². The number of nitrogens with zero attached hydrogens (tertiary/aromatic N) is 2. The van der Waals surface area contributed by atoms with Gasteiger partial charge >= 0.3 is 0 Å². The zero-order valence-corrected chi connectivity index (χ0v) is 30.1. The Labute approximate surface area is 287 Å². The molecule has 6 aromatic rings. The molecule has 1 aliphatic heterocycles. The Morgan fingerprint density at radius 3 is 1.12 bits per heavy atom. The van der Waals surface area contributed by atoms with Gasteiger partial charge in [-0.3, -0.25) is 9.97 Å². The van der Waals surface area contributed by atoms with Crippen molar-refractivity contribution in [3.8, 4) is 44.8 Å². The van der Waals surface area contributed by atoms with Crippen LogP contribution in [0.25, 0.3) is 44.8 Å². The van der Waals surface area contributed by atoms with E-state index in [4.69, 9.17) is 9.97 Å². The number of benzene rings is 4. The number of hydrogen-bond donors (Lipinski definition) is 0. The highest BCUT2D eigenvalue weighted by Crippen LogP contribution is 2.43. The number of aromatic nitrogens is 2. The van der Waals surface area contributed by atoms with Crippen molar-refractivity contribution in [1.29, 1.82) is 0 Å². The van der Waals surface area contributed by atoms with Crippen LogP contribution in [0.4, 0.5) is 0 Å². The molecule has 0 N–H and O–H groups in total. The van der Waals surface area contributed by atoms with Gasteiger partial charge < -0.3 is 0 Å². The van der Waals surface area contributed by atoms with E-state index in [1.165, 1.54) is 66.8 Å². The molecular formula is C46H46N2. The molecule has 8 bridgehead atoms. The van der Waals surface area contributed by atoms with Crippen molar-refractivity contribution >= 4 is 0 Å². The van der Waals surface area contributed by atoms with Crippen LogP contribution in [0.5, 0.6) is 0 Å². The highest BCUT2D eigenvalue weighted by molar-refractivity contribution is 5.80. The fraction of sp³-hybridized carbons (Fsp3) is 0.261. The van der Waals surface area contributed by atoms with Crippen LogP contribution in [0.3, 0.4) is 0 Å². The summed E-state index contributed by atoms with van der Waals surface area (Å²) in [4.78, 5) is 10.7. The maximum atomic E-state index is 5.35. The minimum Gasteiger partial charge on any atom is -0.252 e. The Kier molecular flexibility index (Phi) is 7.55. The van der Waals surface area contributed by atoms with E-state index in [1.54, 1.807) is 0 Å². The number of rotatable bonds is 2. The molecule has 0 saturated heterocycles. The van der Waals surface area contributed by atoms with Gasteiger partial charge in [-0.2, -0.15) is 0 Å². The molecule has 2 aromatic heterocycles. The summed E-state index contributed by atoms with van der Waals surface area (Å²) >= 11 is 0. The van der Waals surface area contributed by atoms with Gasteiger partial charge in [0.2, 0.25) is 0 Å². The molecule has 4 aromatic carbocycles. The summed E-state index contributed by atoms with van der Waals surface area (Å²) in [5.41, 5.74) is 20.9. The van der Waals surface area contributed by atoms with Crippen LogP contribution in [0.15, 0.2) is 97.1 Å². The Bertz CT molecular complexity index is 2050. The summed E-state index contributed by atoms with van der Waals surface area (Å²) in [5.74, 6) is 0. The first-order valence-corrected chi connectivity index (χ1v) is 17.2. The predicted octanol–water partition coefficient (Wildman–Crippen LogP) is 12.0. The van der Waals surface area contributed by atoms with Crippen molar-refractivity contribution in [1.82, 2.24) is 9.97 Å². The summed E-state index contributed by atoms with van der Waals surface area (Å²) in [6.45, 7) is 22.5. The van der Waals surface area contributed by atoms with Crippen molar-refractivity contribution in [2.24, 2.45) is 0 Å². The average Bonchev–Trinajstić information content (AvgIpc) is 3.03. The van der Waals surface area contributed by atoms with Gasteiger partial charge in [0.1, 0.15) is 0 Å². The molecule has 0 atom stereocenters. The van der Waals surface area contributed by atoms with Crippen LogP contribution in [0.1, 0.15) is 83.6 Å². The Hall–Kier alpha value is -4.82. The minimum atomic E-state index is -0.398. The van der Waals surface area contributed by atoms with Crippen molar-refractivity contribution in [3.63, 3.8) is 0 Å². The molecule has 240 valence electrons. The number of aryl methyl sites for hydroxylation is 6. The second-order valence-electron chi connectivity index (χ2n) is 15.2. The van der Waals surface area contributed by atoms with E-state index in [0.29, 0.717) is 0 Å². The molecule has 1 aliphatic rings. The molecule has 2 nitrogen and oxygen atoms in total. The third-order valence-corrected chi connectivity index (χ3v) is 10.6. The molecule has 0 aliphatic carbocycles. The molecule has 7 rings (SSSR count). The zero-order chi connectivity index (χ0) is 34.1. The fourth-order valence-electron chi connectivity index (χ4n) is 8.02. The maximum absolute atomic E-state index is 5.35. The third-order valence-electron chi connectivity index (χ3n) is 10.6. The van der Waals surface area contributed by atoms with E-state index >= 15 is 0 Å². The number of fused-ring (bicyclic) bond motifs is 10. The molecule has 0 fully saturated rings. The highest BCUT2D eigenvalue weighted by Gasteiger charge is 2.30. The molecule has 3 heterocycles. The number of hydrogen-bond acceptors (Lipinski definition) is 2. The lowest BCUT2D eigenvalue weighted by Gasteiger charge is -2.30. The quantitative estimate of drug-likeness (QED) is 0.191. The largest absolute Gasteiger partial charge is 0.252 e. The van der Waals surface area contributed by atoms with Crippen molar-refractivity contribution in [3.05, 3.63) is 153 Å². The standard InChI is InChI=1S/C46H46N2/c1-27-17-29(3)43(30(4)18-27)35-21-33-23-37(25-35)45(7,8)38-24-34(22-36(26-38)44-31(5)19-28(2)20-32(44)6)40-14-12-16-42(48-40)46(9,10)41-15-11-13-39(33)47-41/h11-26H,1-10H3. The molecule has 0 unspecified atom stereocenters. The molecule has 0 radical (unpaired) electrons. The monoisotopic (exact) mass is 626 g/mol. The first kappa shape index (κ1) is 31.8. The summed E-state index contributed by atoms with van der Waals surface area (Å²) in [6, 6.07) is 36.4. The highest BCUT2D eigenvalue weighted by atomic mass is 14.8. The van der Waals surface area contributed by atoms with Gasteiger partial charge in [-0.05, 0) is 160 Å². The summed E-state index contributed by atoms with van der Waals surface area (Å²) in [6.07, 6.45) is 0. The minimum absolute atomic E-state index is 0.326. The van der Waals surface area contributed by atoms with E-state index in [2.05, 4.69) is 166 Å². The normalized spacial score (nSPS) is 14.4. The van der Waals surface area contributed by atoms with Gasteiger partial charge in [0.15, 0.2) is 0 Å². The Morgan fingerprint density at radius 2 is 0.750 bits per heavy atom. The molecule has 48 heavy (non-hydrogen) atoms. The van der Waals surface area contributed by atoms with Crippen molar-refractivity contribution in [2.45, 2.75) is 80.1 Å². The second-order valence-corrected chi connectivity index (χ2v) is 15.2. The van der Waals surface area contributed by atoms with Crippen molar-refractivity contribution in [2.75, 3.05) is 0 Å². The number of pyridine rings is 2. The van der Waals surface area contributed by atoms with E-state index in [-0.39, 0.29) is 5.41 Å². The topological polar surface area (TPSA) is 25.8 Å². The smallest absolute Gasteiger partial charge is 0.0706 e. The molecule has 0 saturated carbocycles. The lowest BCUT2D eigenvalue weighted by molar-refractivity contribution is 0.596. The van der Waals surface area contributed by atoms with Crippen molar-refractivity contribution < 1.29 is 0 Å². The lowest BCUT2D eigenvalue weighted by atomic mass is 9.74. The Morgan fingerprint density at radius 1 is 0.396 bits per heavy atom. The van der Waals surface area contributed by atoms with Crippen LogP contribution in [-0.2, 0) is 10.8 Å². The van der Waals surface area contributed by atoms with Gasteiger partial charge in [0, 0.05) is 22.0 Å². The first-order valence-electron chi connectivity index (χ1n) is 17.2. The Balaban J connectivity index is 1.59. The molecule has 0 amide bonds. The molecule has 2 heteroatoms. The van der Waals surface area contributed by atoms with E-state index in [9.17, 15) is 0 Å². The van der Waals surface area contributed by atoms with Crippen LogP contribution in [-0.4, -0.2) is 9.97 Å². The third kappa shape index (κ3) is 5.38. The van der Waals surface area contributed by atoms with Gasteiger partial charge in [-0.1, -0.05) is 73.5 Å². The summed E-state index contributed by atoms with van der Waals surface area (Å²) in [5, 5.41) is 0. The van der Waals surface area contributed by atoms with E-state index < -0.39 is 5.41 Å². The SMILES string of the molecule is Cc1cc(C)c(-c2cc3cc(c2)C(C)(C)c2cc(cc(-c4c(C)cc(C)cc4C)c2)-c2cccc(n2)C(C)(C)c2cccc-3n2)c(C)c1. The first-order chi connectivity index (χ1) is 22.7. The van der Waals surface area contributed by atoms with Crippen LogP contribution >= 0.6 is 0 Å². The van der Waals surface area contributed by atoms with Crippen LogP contribution < -0.4 is 0 Å². The van der Waals surface area contributed by atoms with Gasteiger partial charge in [0.25, 0.3) is 0 Å². The second kappa shape index (κ2) is 11.4. The van der Waals surface area contributed by atoms with Gasteiger partial charge in [-0.15, -0.1) is 0 Å². The molecule has 0 spiro atoms. The summed E-state index contributed by atoms with van der Waals surface area (Å²) < 4.78 is 0. The van der Waals surface area contributed by atoms with Crippen LogP contribution in [0.2, 0.25) is 0 Å². The summed E-state index contributed by atoms with van der Waals surface area (Å²) in [7, 11) is 0. The predicted molar refractivity (Wildman–Crippen MR) is 203 cm³/mol. The van der Waals surface area contributed by atoms with E-state index in [1.807, 2.05) is 0 Å². The zero-order valence-electron chi connectivity index (χ0n) is 30.1. The lowest BCUT2D eigenvalue weighted by Crippen LogP contribution is -2.23. The average molecular weight is 627 g/mol. The fourth-order valence-corrected chi connectivity index (χ4v) is 8.02. The van der Waals surface area contributed by atoms with Crippen LogP contribution in [0, 0.1) is 41.5 Å². The van der Waals surface area contributed by atoms with Gasteiger partial charge in [0.05, 0.1) is 22.8 Å². The molecular weight excluding hydrogens is 581 g/mol. The maximum Gasteiger partial charge on any atom is 0.0706 e.